The van der Waals surface area contributed by atoms with Gasteiger partial charge < -0.3 is 23.7 Å². The highest BCUT2D eigenvalue weighted by Crippen LogP contribution is 2.58. The Morgan fingerprint density at radius 2 is 0.608 bits per heavy atom. The third kappa shape index (κ3) is 12.2. The van der Waals surface area contributed by atoms with Gasteiger partial charge in [0.25, 0.3) is 13.4 Å². The average Bonchev–Trinajstić information content (AvgIpc) is 0.893. The lowest BCUT2D eigenvalue weighted by atomic mass is 9.30. The third-order valence-electron chi connectivity index (χ3n) is 26.1. The maximum absolute atomic E-state index is 8.59. The van der Waals surface area contributed by atoms with Crippen molar-refractivity contribution in [2.24, 2.45) is 0 Å². The van der Waals surface area contributed by atoms with Crippen molar-refractivity contribution in [3.8, 4) is 145 Å². The summed E-state index contributed by atoms with van der Waals surface area (Å²) in [6.45, 7) is 6.14. The summed E-state index contributed by atoms with van der Waals surface area (Å²) < 4.78 is 24.1. The molecular formula is C118H80B2N2O3. The lowest BCUT2D eigenvalue weighted by Gasteiger charge is -2.48. The summed E-state index contributed by atoms with van der Waals surface area (Å²) in [5.41, 5.74) is 38.4. The first-order chi connectivity index (χ1) is 61.7. The van der Waals surface area contributed by atoms with Crippen LogP contribution in [0.3, 0.4) is 0 Å². The molecule has 20 aromatic rings. The maximum Gasteiger partial charge on any atom is 0.260 e. The summed E-state index contributed by atoms with van der Waals surface area (Å²) in [6, 6.07) is 159. The zero-order valence-electron chi connectivity index (χ0n) is 69.3. The zero-order chi connectivity index (χ0) is 83.0. The van der Waals surface area contributed by atoms with Gasteiger partial charge in [-0.3, -0.25) is 0 Å². The first-order valence-electron chi connectivity index (χ1n) is 43.3. The number of para-hydroxylation sites is 2. The first kappa shape index (κ1) is 73.3. The Kier molecular flexibility index (Phi) is 17.3. The van der Waals surface area contributed by atoms with E-state index in [2.05, 4.69) is 461 Å². The molecule has 5 heterocycles. The minimum Gasteiger partial charge on any atom is -0.459 e. The molecule has 0 unspecified atom stereocenters. The summed E-state index contributed by atoms with van der Waals surface area (Å²) in [6.07, 6.45) is 0. The molecule has 0 saturated carbocycles. The van der Waals surface area contributed by atoms with Crippen molar-refractivity contribution in [2.75, 3.05) is 9.80 Å². The van der Waals surface area contributed by atoms with E-state index in [-0.39, 0.29) is 0 Å². The topological polar surface area (TPSA) is 38.1 Å². The molecule has 7 heteroatoms. The number of ether oxygens (including phenoxy) is 2. The van der Waals surface area contributed by atoms with E-state index in [1.165, 1.54) is 0 Å². The summed E-state index contributed by atoms with van der Waals surface area (Å²) in [5.74, 6) is 2.96. The predicted octanol–water partition coefficient (Wildman–Crippen LogP) is 28.0. The fourth-order valence-corrected chi connectivity index (χ4v) is 20.2. The minimum atomic E-state index is -0.512. The Bertz CT molecular complexity index is 7540. The Morgan fingerprint density at radius 1 is 0.224 bits per heavy atom. The SMILES string of the molecule is CC(C)(C)c1cc2c3c(c1)N(c1c(-c4ccccc4)cc(-c4ccccc4)cc1-c1ccccc1)c1cc4c5c(c1B3c1ccc(-c3ccccc3)cc1N2c1c(-c2ccccc2)cc(-c2ccccc2)cc1-c1ccccc1)Oc1cc(-c2ccccc2)c(-c2ccccc2)cc1B5c1cc(-c2ccccc2)cc(-c2cccc3c2oc2ccccc23)c1O4. The van der Waals surface area contributed by atoms with Gasteiger partial charge in [0, 0.05) is 78.4 Å². The maximum atomic E-state index is 8.59. The molecule has 0 amide bonds. The fourth-order valence-electron chi connectivity index (χ4n) is 20.2. The molecule has 0 saturated heterocycles. The molecule has 0 aliphatic carbocycles. The van der Waals surface area contributed by atoms with E-state index in [0.717, 1.165) is 234 Å². The van der Waals surface area contributed by atoms with Gasteiger partial charge in [0.1, 0.15) is 34.2 Å². The Balaban J connectivity index is 0.893. The number of hydrogen-bond acceptors (Lipinski definition) is 5. The van der Waals surface area contributed by atoms with Crippen LogP contribution in [-0.2, 0) is 5.41 Å². The molecule has 1 aromatic heterocycles. The molecule has 0 bridgehead atoms. The largest absolute Gasteiger partial charge is 0.459 e. The second-order valence-corrected chi connectivity index (χ2v) is 34.4. The number of benzene rings is 19. The van der Waals surface area contributed by atoms with Gasteiger partial charge in [-0.05, 0) is 188 Å². The molecule has 586 valence electrons. The highest BCUT2D eigenvalue weighted by atomic mass is 16.5. The minimum absolute atomic E-state index is 0.435. The Hall–Kier alpha value is -15.7. The van der Waals surface area contributed by atoms with Gasteiger partial charge >= 0.3 is 0 Å². The van der Waals surface area contributed by atoms with Crippen LogP contribution in [0, 0.1) is 0 Å². The van der Waals surface area contributed by atoms with Gasteiger partial charge in [-0.2, -0.15) is 0 Å². The monoisotopic (exact) mass is 1590 g/mol. The summed E-state index contributed by atoms with van der Waals surface area (Å²) in [7, 11) is 0. The van der Waals surface area contributed by atoms with E-state index in [1.54, 1.807) is 0 Å². The number of fused-ring (bicyclic) bond motifs is 12. The standard InChI is InChI=1S/C118H80B2N2O3/c1-118(2,3)89-70-104-110-105(71-89)122(114-97(83-53-30-12-31-54-83)65-87(77-41-18-6-19-42-77)66-98(114)84-55-32-13-33-56-84)106-74-109-112-117(111(106)120(110)100-62-61-85(75-37-14-4-15-38-75)69-103(100)121(104)113-95(81-49-26-10-27-50-81)63-86(76-39-16-5-17-40-76)64-96(113)82-51-28-11-29-52-82)124-108-73-94(80-47-24-9-25-48-80)93(79-45-22-8-23-46-79)72-101(108)119(112)102-68-88(78-43-20-7-21-44-78)67-99(116(102)125-109)92-59-36-58-91-90-57-34-35-60-107(90)123-115(91)92/h4-74H,1-3H3. The molecule has 0 spiro atoms. The van der Waals surface area contributed by atoms with Crippen molar-refractivity contribution in [3.63, 3.8) is 0 Å². The van der Waals surface area contributed by atoms with Gasteiger partial charge in [-0.1, -0.05) is 385 Å². The molecule has 125 heavy (non-hydrogen) atoms. The highest BCUT2D eigenvalue weighted by molar-refractivity contribution is 7.03. The Morgan fingerprint density at radius 3 is 1.08 bits per heavy atom. The van der Waals surface area contributed by atoms with Gasteiger partial charge in [0.05, 0.1) is 11.4 Å². The molecular weight excluding hydrogens is 1510 g/mol. The van der Waals surface area contributed by atoms with Crippen LogP contribution in [0.1, 0.15) is 26.3 Å². The Labute approximate surface area is 728 Å². The van der Waals surface area contributed by atoms with Crippen molar-refractivity contribution in [1.29, 1.82) is 0 Å². The van der Waals surface area contributed by atoms with Crippen LogP contribution in [0.5, 0.6) is 23.0 Å². The lowest BCUT2D eigenvalue weighted by molar-refractivity contribution is 0.468. The van der Waals surface area contributed by atoms with Crippen LogP contribution >= 0.6 is 0 Å². The van der Waals surface area contributed by atoms with Crippen LogP contribution in [0.25, 0.3) is 144 Å². The number of furan rings is 1. The van der Waals surface area contributed by atoms with Crippen molar-refractivity contribution >= 4 is 102 Å². The predicted molar refractivity (Wildman–Crippen MR) is 524 cm³/mol. The number of anilines is 6. The zero-order valence-corrected chi connectivity index (χ0v) is 69.3. The molecule has 0 radical (unpaired) electrons. The van der Waals surface area contributed by atoms with Gasteiger partial charge in [0.2, 0.25) is 0 Å². The van der Waals surface area contributed by atoms with Crippen molar-refractivity contribution in [2.45, 2.75) is 26.2 Å². The molecule has 0 fully saturated rings. The quantitative estimate of drug-likeness (QED) is 0.108. The molecule has 0 atom stereocenters. The average molecular weight is 1600 g/mol. The van der Waals surface area contributed by atoms with E-state index in [1.807, 2.05) is 0 Å². The van der Waals surface area contributed by atoms with Crippen LogP contribution in [0.4, 0.5) is 34.1 Å². The van der Waals surface area contributed by atoms with Gasteiger partial charge in [-0.25, -0.2) is 0 Å². The van der Waals surface area contributed by atoms with Crippen LogP contribution in [0.2, 0.25) is 0 Å². The summed E-state index contributed by atoms with van der Waals surface area (Å²) in [5, 5.41) is 2.09. The second kappa shape index (κ2) is 29.6. The number of hydrogen-bond donors (Lipinski definition) is 0. The molecule has 19 aromatic carbocycles. The van der Waals surface area contributed by atoms with Crippen LogP contribution < -0.4 is 52.1 Å². The number of rotatable bonds is 13. The lowest BCUT2D eigenvalue weighted by Crippen LogP contribution is -2.65. The van der Waals surface area contributed by atoms with E-state index in [9.17, 15) is 0 Å². The normalized spacial score (nSPS) is 12.7. The molecule has 4 aliphatic rings. The first-order valence-corrected chi connectivity index (χ1v) is 43.3. The van der Waals surface area contributed by atoms with E-state index in [0.29, 0.717) is 5.75 Å². The second-order valence-electron chi connectivity index (χ2n) is 34.4. The highest BCUT2D eigenvalue weighted by Gasteiger charge is 2.52. The molecule has 5 nitrogen and oxygen atoms in total. The molecule has 4 aliphatic heterocycles. The van der Waals surface area contributed by atoms with Crippen molar-refractivity contribution in [1.82, 2.24) is 0 Å². The van der Waals surface area contributed by atoms with Crippen LogP contribution in [-0.4, -0.2) is 13.4 Å². The molecule has 24 rings (SSSR count). The van der Waals surface area contributed by atoms with Crippen molar-refractivity contribution < 1.29 is 13.9 Å². The van der Waals surface area contributed by atoms with Gasteiger partial charge in [-0.15, -0.1) is 0 Å². The van der Waals surface area contributed by atoms with E-state index < -0.39 is 18.8 Å². The van der Waals surface area contributed by atoms with Gasteiger partial charge in [0.15, 0.2) is 0 Å². The van der Waals surface area contributed by atoms with Crippen molar-refractivity contribution in [3.05, 3.63) is 436 Å². The summed E-state index contributed by atoms with van der Waals surface area (Å²) in [4.78, 5) is 5.36. The van der Waals surface area contributed by atoms with Crippen LogP contribution in [0.15, 0.2) is 435 Å². The van der Waals surface area contributed by atoms with E-state index in [4.69, 9.17) is 13.9 Å². The number of nitrogens with zero attached hydrogens (tertiary/aromatic N) is 2. The smallest absolute Gasteiger partial charge is 0.260 e. The third-order valence-corrected chi connectivity index (χ3v) is 26.1. The summed E-state index contributed by atoms with van der Waals surface area (Å²) >= 11 is 0. The molecule has 0 N–H and O–H groups in total. The fraction of sp³-hybridized carbons (Fsp3) is 0.0339. The van der Waals surface area contributed by atoms with E-state index >= 15 is 0 Å².